The third-order valence-electron chi connectivity index (χ3n) is 3.82. The first-order valence-corrected chi connectivity index (χ1v) is 7.59. The standard InChI is InChI=1S/C19H16ClNO2/c1-21-16-6-4-3-5-15(16)18(19(21)20)17(22)12-9-13-7-10-14(23-2)11-8-13/h3-12H,1-2H3. The lowest BCUT2D eigenvalue weighted by Crippen LogP contribution is -1.95. The number of allylic oxidation sites excluding steroid dienone is 1. The van der Waals surface area contributed by atoms with Crippen molar-refractivity contribution >= 4 is 34.4 Å². The number of rotatable bonds is 4. The summed E-state index contributed by atoms with van der Waals surface area (Å²) in [6.07, 6.45) is 3.33. The summed E-state index contributed by atoms with van der Waals surface area (Å²) in [7, 11) is 3.48. The third kappa shape index (κ3) is 2.88. The van der Waals surface area contributed by atoms with Crippen molar-refractivity contribution in [1.29, 1.82) is 0 Å². The van der Waals surface area contributed by atoms with Crippen LogP contribution in [0.3, 0.4) is 0 Å². The van der Waals surface area contributed by atoms with E-state index in [0.29, 0.717) is 10.7 Å². The molecule has 0 N–H and O–H groups in total. The molecule has 0 bridgehead atoms. The Hall–Kier alpha value is -2.52. The van der Waals surface area contributed by atoms with Gasteiger partial charge in [0.25, 0.3) is 0 Å². The summed E-state index contributed by atoms with van der Waals surface area (Å²) in [5, 5.41) is 1.32. The molecule has 1 heterocycles. The molecule has 3 nitrogen and oxygen atoms in total. The maximum Gasteiger partial charge on any atom is 0.189 e. The van der Waals surface area contributed by atoms with E-state index in [1.165, 1.54) is 0 Å². The van der Waals surface area contributed by atoms with Crippen LogP contribution >= 0.6 is 11.6 Å². The van der Waals surface area contributed by atoms with Crippen LogP contribution in [0.4, 0.5) is 0 Å². The number of benzene rings is 2. The number of ketones is 1. The normalized spacial score (nSPS) is 11.3. The first-order valence-electron chi connectivity index (χ1n) is 7.21. The highest BCUT2D eigenvalue weighted by molar-refractivity contribution is 6.36. The molecule has 3 aromatic rings. The second-order valence-electron chi connectivity index (χ2n) is 5.21. The van der Waals surface area contributed by atoms with Crippen LogP contribution in [0, 0.1) is 0 Å². The van der Waals surface area contributed by atoms with Crippen molar-refractivity contribution in [3.05, 3.63) is 70.9 Å². The van der Waals surface area contributed by atoms with Crippen LogP contribution in [0.2, 0.25) is 5.15 Å². The second kappa shape index (κ2) is 6.31. The van der Waals surface area contributed by atoms with Gasteiger partial charge in [0.2, 0.25) is 0 Å². The summed E-state index contributed by atoms with van der Waals surface area (Å²) in [5.41, 5.74) is 2.41. The Morgan fingerprint density at radius 1 is 1.13 bits per heavy atom. The van der Waals surface area contributed by atoms with Crippen LogP contribution < -0.4 is 4.74 Å². The fourth-order valence-electron chi connectivity index (χ4n) is 2.57. The van der Waals surface area contributed by atoms with Gasteiger partial charge in [-0.2, -0.15) is 0 Å². The van der Waals surface area contributed by atoms with Gasteiger partial charge < -0.3 is 9.30 Å². The van der Waals surface area contributed by atoms with E-state index in [0.717, 1.165) is 22.2 Å². The highest BCUT2D eigenvalue weighted by atomic mass is 35.5. The number of methoxy groups -OCH3 is 1. The average Bonchev–Trinajstić information content (AvgIpc) is 2.85. The molecular weight excluding hydrogens is 310 g/mol. The maximum absolute atomic E-state index is 12.6. The number of nitrogens with zero attached hydrogens (tertiary/aromatic N) is 1. The lowest BCUT2D eigenvalue weighted by Gasteiger charge is -1.99. The van der Waals surface area contributed by atoms with Crippen LogP contribution in [-0.2, 0) is 7.05 Å². The number of aryl methyl sites for hydroxylation is 1. The predicted octanol–water partition coefficient (Wildman–Crippen LogP) is 4.74. The van der Waals surface area contributed by atoms with Crippen molar-refractivity contribution in [2.45, 2.75) is 0 Å². The van der Waals surface area contributed by atoms with Gasteiger partial charge in [0.1, 0.15) is 10.9 Å². The van der Waals surface area contributed by atoms with Gasteiger partial charge in [0.15, 0.2) is 5.78 Å². The number of carbonyl (C=O) groups is 1. The molecule has 0 aliphatic rings. The molecule has 0 aliphatic heterocycles. The topological polar surface area (TPSA) is 31.2 Å². The number of ether oxygens (including phenoxy) is 1. The summed E-state index contributed by atoms with van der Waals surface area (Å²) in [4.78, 5) is 12.6. The van der Waals surface area contributed by atoms with Gasteiger partial charge in [0.05, 0.1) is 12.7 Å². The summed E-state index contributed by atoms with van der Waals surface area (Å²) in [6.45, 7) is 0. The van der Waals surface area contributed by atoms with E-state index in [-0.39, 0.29) is 5.78 Å². The highest BCUT2D eigenvalue weighted by Gasteiger charge is 2.17. The molecule has 0 aliphatic carbocycles. The molecule has 4 heteroatoms. The van der Waals surface area contributed by atoms with Crippen molar-refractivity contribution in [3.8, 4) is 5.75 Å². The zero-order valence-corrected chi connectivity index (χ0v) is 13.7. The van der Waals surface area contributed by atoms with Crippen LogP contribution in [0.25, 0.3) is 17.0 Å². The van der Waals surface area contributed by atoms with E-state index in [4.69, 9.17) is 16.3 Å². The molecule has 0 saturated heterocycles. The molecule has 116 valence electrons. The van der Waals surface area contributed by atoms with Gasteiger partial charge in [-0.1, -0.05) is 48.0 Å². The Morgan fingerprint density at radius 2 is 1.83 bits per heavy atom. The summed E-state index contributed by atoms with van der Waals surface area (Å²) < 4.78 is 6.94. The van der Waals surface area contributed by atoms with Gasteiger partial charge in [-0.05, 0) is 29.8 Å². The molecular formula is C19H16ClNO2. The monoisotopic (exact) mass is 325 g/mol. The van der Waals surface area contributed by atoms with Crippen molar-refractivity contribution in [1.82, 2.24) is 4.57 Å². The van der Waals surface area contributed by atoms with Crippen molar-refractivity contribution in [2.24, 2.45) is 7.05 Å². The van der Waals surface area contributed by atoms with Crippen LogP contribution in [0.1, 0.15) is 15.9 Å². The third-order valence-corrected chi connectivity index (χ3v) is 4.27. The lowest BCUT2D eigenvalue weighted by molar-refractivity contribution is 0.104. The van der Waals surface area contributed by atoms with Crippen LogP contribution in [-0.4, -0.2) is 17.5 Å². The van der Waals surface area contributed by atoms with E-state index < -0.39 is 0 Å². The molecule has 3 rings (SSSR count). The Labute approximate surface area is 139 Å². The van der Waals surface area contributed by atoms with Gasteiger partial charge in [-0.25, -0.2) is 0 Å². The number of hydrogen-bond donors (Lipinski definition) is 0. The quantitative estimate of drug-likeness (QED) is 0.512. The summed E-state index contributed by atoms with van der Waals surface area (Å²) >= 11 is 6.34. The average molecular weight is 326 g/mol. The molecule has 1 aromatic heterocycles. The molecule has 0 atom stereocenters. The van der Waals surface area contributed by atoms with Crippen molar-refractivity contribution < 1.29 is 9.53 Å². The first-order chi connectivity index (χ1) is 11.1. The SMILES string of the molecule is COc1ccc(C=CC(=O)c2c(Cl)n(C)c3ccccc23)cc1. The number of carbonyl (C=O) groups excluding carboxylic acids is 1. The van der Waals surface area contributed by atoms with Crippen LogP contribution in [0.5, 0.6) is 5.75 Å². The number of hydrogen-bond acceptors (Lipinski definition) is 2. The van der Waals surface area contributed by atoms with Gasteiger partial charge >= 0.3 is 0 Å². The minimum absolute atomic E-state index is 0.109. The minimum atomic E-state index is -0.109. The van der Waals surface area contributed by atoms with Gasteiger partial charge in [0, 0.05) is 18.0 Å². The van der Waals surface area contributed by atoms with Gasteiger partial charge in [-0.3, -0.25) is 4.79 Å². The molecule has 0 saturated carbocycles. The summed E-state index contributed by atoms with van der Waals surface area (Å²) in [6, 6.07) is 15.2. The Kier molecular flexibility index (Phi) is 4.22. The number of para-hydroxylation sites is 1. The molecule has 0 radical (unpaired) electrons. The van der Waals surface area contributed by atoms with Crippen molar-refractivity contribution in [2.75, 3.05) is 7.11 Å². The predicted molar refractivity (Wildman–Crippen MR) is 94.3 cm³/mol. The zero-order chi connectivity index (χ0) is 16.4. The Morgan fingerprint density at radius 3 is 2.52 bits per heavy atom. The van der Waals surface area contributed by atoms with E-state index in [2.05, 4.69) is 0 Å². The molecule has 0 fully saturated rings. The molecule has 0 amide bonds. The summed E-state index contributed by atoms with van der Waals surface area (Å²) in [5.74, 6) is 0.674. The number of halogens is 1. The van der Waals surface area contributed by atoms with E-state index in [9.17, 15) is 4.79 Å². The molecule has 0 spiro atoms. The second-order valence-corrected chi connectivity index (χ2v) is 5.57. The first kappa shape index (κ1) is 15.4. The molecule has 23 heavy (non-hydrogen) atoms. The Bertz CT molecular complexity index is 892. The van der Waals surface area contributed by atoms with E-state index in [1.807, 2.05) is 60.1 Å². The van der Waals surface area contributed by atoms with Crippen LogP contribution in [0.15, 0.2) is 54.6 Å². The highest BCUT2D eigenvalue weighted by Crippen LogP contribution is 2.29. The van der Waals surface area contributed by atoms with Crippen molar-refractivity contribution in [3.63, 3.8) is 0 Å². The largest absolute Gasteiger partial charge is 0.497 e. The zero-order valence-electron chi connectivity index (χ0n) is 12.9. The number of fused-ring (bicyclic) bond motifs is 1. The fourth-order valence-corrected chi connectivity index (χ4v) is 2.85. The Balaban J connectivity index is 1.94. The minimum Gasteiger partial charge on any atom is -0.497 e. The van der Waals surface area contributed by atoms with E-state index >= 15 is 0 Å². The smallest absolute Gasteiger partial charge is 0.189 e. The molecule has 0 unspecified atom stereocenters. The molecule has 2 aromatic carbocycles. The fraction of sp³-hybridized carbons (Fsp3) is 0.105. The lowest BCUT2D eigenvalue weighted by atomic mass is 10.1. The maximum atomic E-state index is 12.6. The van der Waals surface area contributed by atoms with Gasteiger partial charge in [-0.15, -0.1) is 0 Å². The van der Waals surface area contributed by atoms with E-state index in [1.54, 1.807) is 19.3 Å². The number of aromatic nitrogens is 1.